The summed E-state index contributed by atoms with van der Waals surface area (Å²) in [7, 11) is 1.23. The molecule has 0 spiro atoms. The molecule has 7 heteroatoms. The molecular formula is C22H22N2O4S. The largest absolute Gasteiger partial charge is 0.465 e. The van der Waals surface area contributed by atoms with E-state index in [-0.39, 0.29) is 17.2 Å². The summed E-state index contributed by atoms with van der Waals surface area (Å²) in [4.78, 5) is 40.6. The predicted molar refractivity (Wildman–Crippen MR) is 116 cm³/mol. The smallest absolute Gasteiger partial charge is 0.344 e. The number of aromatic nitrogens is 1. The van der Waals surface area contributed by atoms with Gasteiger partial charge in [0.25, 0.3) is 0 Å². The van der Waals surface area contributed by atoms with Gasteiger partial charge in [-0.3, -0.25) is 9.59 Å². The van der Waals surface area contributed by atoms with Gasteiger partial charge in [0.1, 0.15) is 5.56 Å². The number of nitrogens with one attached hydrogen (secondary N) is 2. The maximum Gasteiger partial charge on any atom is 0.344 e. The minimum atomic E-state index is -0.730. The van der Waals surface area contributed by atoms with Crippen molar-refractivity contribution in [3.05, 3.63) is 68.9 Å². The van der Waals surface area contributed by atoms with E-state index in [1.54, 1.807) is 12.1 Å². The number of carbonyl (C=O) groups is 2. The number of aryl methyl sites for hydroxylation is 3. The highest BCUT2D eigenvalue weighted by molar-refractivity contribution is 8.00. The van der Waals surface area contributed by atoms with E-state index in [0.29, 0.717) is 21.6 Å². The summed E-state index contributed by atoms with van der Waals surface area (Å²) in [6.45, 7) is 5.79. The Morgan fingerprint density at radius 1 is 1.03 bits per heavy atom. The van der Waals surface area contributed by atoms with Crippen molar-refractivity contribution in [1.82, 2.24) is 4.98 Å². The number of carbonyl (C=O) groups excluding carboxylic acids is 2. The Balaban J connectivity index is 1.88. The van der Waals surface area contributed by atoms with Crippen molar-refractivity contribution < 1.29 is 14.3 Å². The molecule has 6 nitrogen and oxygen atoms in total. The summed E-state index contributed by atoms with van der Waals surface area (Å²) in [6.07, 6.45) is 0. The molecule has 0 fully saturated rings. The molecule has 1 aromatic heterocycles. The van der Waals surface area contributed by atoms with Crippen molar-refractivity contribution in [2.75, 3.05) is 18.2 Å². The molecule has 150 valence electrons. The van der Waals surface area contributed by atoms with Crippen molar-refractivity contribution >= 4 is 40.2 Å². The second kappa shape index (κ2) is 8.53. The second-order valence-electron chi connectivity index (χ2n) is 6.91. The first kappa shape index (κ1) is 20.7. The number of rotatable bonds is 5. The Bertz CT molecular complexity index is 1150. The third kappa shape index (κ3) is 4.68. The first-order valence-corrected chi connectivity index (χ1v) is 10.0. The number of H-pyrrole nitrogens is 1. The minimum absolute atomic E-state index is 0.0320. The number of aromatic amines is 1. The number of amides is 1. The Morgan fingerprint density at radius 2 is 1.72 bits per heavy atom. The lowest BCUT2D eigenvalue weighted by Crippen LogP contribution is -2.20. The first-order valence-electron chi connectivity index (χ1n) is 9.04. The van der Waals surface area contributed by atoms with Crippen LogP contribution >= 0.6 is 11.8 Å². The van der Waals surface area contributed by atoms with Gasteiger partial charge in [0.2, 0.25) is 11.3 Å². The topological polar surface area (TPSA) is 88.3 Å². The van der Waals surface area contributed by atoms with E-state index in [9.17, 15) is 14.4 Å². The quantitative estimate of drug-likeness (QED) is 0.491. The Morgan fingerprint density at radius 3 is 2.38 bits per heavy atom. The fraction of sp³-hybridized carbons (Fsp3) is 0.227. The lowest BCUT2D eigenvalue weighted by Gasteiger charge is -2.11. The number of methoxy groups -OCH3 is 1. The number of thioether (sulfide) groups is 1. The molecule has 0 aliphatic rings. The van der Waals surface area contributed by atoms with Crippen molar-refractivity contribution in [3.63, 3.8) is 0 Å². The normalized spacial score (nSPS) is 10.8. The third-order valence-corrected chi connectivity index (χ3v) is 5.37. The van der Waals surface area contributed by atoms with Crippen molar-refractivity contribution in [1.29, 1.82) is 0 Å². The predicted octanol–water partition coefficient (Wildman–Crippen LogP) is 3.97. The zero-order chi connectivity index (χ0) is 21.1. The number of fused-ring (bicyclic) bond motifs is 1. The molecule has 1 amide bonds. The van der Waals surface area contributed by atoms with Crippen LogP contribution in [0.4, 0.5) is 5.69 Å². The molecule has 0 saturated carbocycles. The van der Waals surface area contributed by atoms with E-state index < -0.39 is 11.4 Å². The summed E-state index contributed by atoms with van der Waals surface area (Å²) in [6, 6.07) is 11.2. The zero-order valence-corrected chi connectivity index (χ0v) is 17.5. The van der Waals surface area contributed by atoms with Gasteiger partial charge in [-0.15, -0.1) is 0 Å². The Hall–Kier alpha value is -3.06. The number of esters is 1. The first-order chi connectivity index (χ1) is 13.8. The Labute approximate surface area is 172 Å². The molecule has 2 N–H and O–H groups in total. The number of anilines is 1. The lowest BCUT2D eigenvalue weighted by atomic mass is 10.1. The molecule has 29 heavy (non-hydrogen) atoms. The maximum absolute atomic E-state index is 12.9. The van der Waals surface area contributed by atoms with Gasteiger partial charge >= 0.3 is 5.97 Å². The van der Waals surface area contributed by atoms with Crippen LogP contribution < -0.4 is 10.7 Å². The van der Waals surface area contributed by atoms with Crippen LogP contribution in [0.25, 0.3) is 10.9 Å². The molecule has 0 atom stereocenters. The highest BCUT2D eigenvalue weighted by Crippen LogP contribution is 2.23. The fourth-order valence-electron chi connectivity index (χ4n) is 3.15. The maximum atomic E-state index is 12.9. The summed E-state index contributed by atoms with van der Waals surface area (Å²) < 4.78 is 4.79. The number of hydrogen-bond donors (Lipinski definition) is 2. The van der Waals surface area contributed by atoms with Crippen LogP contribution in [0.1, 0.15) is 27.0 Å². The van der Waals surface area contributed by atoms with Crippen molar-refractivity contribution in [2.24, 2.45) is 0 Å². The van der Waals surface area contributed by atoms with Crippen LogP contribution in [-0.2, 0) is 9.53 Å². The van der Waals surface area contributed by atoms with Gasteiger partial charge < -0.3 is 15.0 Å². The van der Waals surface area contributed by atoms with E-state index in [0.717, 1.165) is 28.5 Å². The van der Waals surface area contributed by atoms with Crippen LogP contribution in [0.15, 0.2) is 46.2 Å². The number of benzene rings is 2. The zero-order valence-electron chi connectivity index (χ0n) is 16.7. The van der Waals surface area contributed by atoms with Gasteiger partial charge in [-0.2, -0.15) is 0 Å². The summed E-state index contributed by atoms with van der Waals surface area (Å²) in [5.41, 5.74) is 3.83. The SMILES string of the molecule is COC(=O)c1c(SCC(=O)Nc2cc(C)cc(C)c2)[nH]c2ccc(C)cc2c1=O. The molecule has 0 radical (unpaired) electrons. The summed E-state index contributed by atoms with van der Waals surface area (Å²) >= 11 is 1.09. The fourth-order valence-corrected chi connectivity index (χ4v) is 4.00. The standard InChI is InChI=1S/C22H22N2O4S/c1-12-5-6-17-16(10-12)20(26)19(22(27)28-4)21(24-17)29-11-18(25)23-15-8-13(2)7-14(3)9-15/h5-10H,11H2,1-4H3,(H,23,25)(H,24,26). The van der Waals surface area contributed by atoms with Crippen LogP contribution in [0.5, 0.6) is 0 Å². The highest BCUT2D eigenvalue weighted by atomic mass is 32.2. The van der Waals surface area contributed by atoms with E-state index >= 15 is 0 Å². The molecule has 0 aliphatic heterocycles. The minimum Gasteiger partial charge on any atom is -0.465 e. The highest BCUT2D eigenvalue weighted by Gasteiger charge is 2.21. The van der Waals surface area contributed by atoms with Gasteiger partial charge in [-0.25, -0.2) is 4.79 Å². The van der Waals surface area contributed by atoms with Gasteiger partial charge in [0, 0.05) is 11.1 Å². The van der Waals surface area contributed by atoms with E-state index in [1.807, 2.05) is 45.0 Å². The molecule has 3 aromatic rings. The molecular weight excluding hydrogens is 388 g/mol. The number of ether oxygens (including phenoxy) is 1. The van der Waals surface area contributed by atoms with E-state index in [2.05, 4.69) is 10.3 Å². The summed E-state index contributed by atoms with van der Waals surface area (Å²) in [5, 5.41) is 3.57. The molecule has 1 heterocycles. The van der Waals surface area contributed by atoms with Crippen molar-refractivity contribution in [3.8, 4) is 0 Å². The van der Waals surface area contributed by atoms with E-state index in [4.69, 9.17) is 4.74 Å². The van der Waals surface area contributed by atoms with Gasteiger partial charge in [-0.1, -0.05) is 29.5 Å². The Kier molecular flexibility index (Phi) is 6.08. The van der Waals surface area contributed by atoms with Crippen LogP contribution in [0, 0.1) is 20.8 Å². The van der Waals surface area contributed by atoms with E-state index in [1.165, 1.54) is 7.11 Å². The number of hydrogen-bond acceptors (Lipinski definition) is 5. The van der Waals surface area contributed by atoms with Crippen LogP contribution in [0.3, 0.4) is 0 Å². The molecule has 0 bridgehead atoms. The van der Waals surface area contributed by atoms with Gasteiger partial charge in [-0.05, 0) is 56.2 Å². The summed E-state index contributed by atoms with van der Waals surface area (Å²) in [5.74, 6) is -0.933. The molecule has 0 unspecified atom stereocenters. The van der Waals surface area contributed by atoms with Crippen molar-refractivity contribution in [2.45, 2.75) is 25.8 Å². The van der Waals surface area contributed by atoms with Gasteiger partial charge in [0.15, 0.2) is 0 Å². The van der Waals surface area contributed by atoms with Crippen LogP contribution in [-0.4, -0.2) is 29.7 Å². The lowest BCUT2D eigenvalue weighted by molar-refractivity contribution is -0.113. The molecule has 0 saturated heterocycles. The average Bonchev–Trinajstić information content (AvgIpc) is 2.65. The second-order valence-corrected chi connectivity index (χ2v) is 7.90. The van der Waals surface area contributed by atoms with Gasteiger partial charge in [0.05, 0.1) is 23.4 Å². The third-order valence-electron chi connectivity index (χ3n) is 4.36. The monoisotopic (exact) mass is 410 g/mol. The molecule has 2 aromatic carbocycles. The van der Waals surface area contributed by atoms with Crippen LogP contribution in [0.2, 0.25) is 0 Å². The molecule has 0 aliphatic carbocycles. The number of pyridine rings is 1. The average molecular weight is 410 g/mol. The molecule has 3 rings (SSSR count).